The molecular formula is C15H16N6O2. The van der Waals surface area contributed by atoms with E-state index >= 15 is 0 Å². The molecule has 3 rings (SSSR count). The van der Waals surface area contributed by atoms with Crippen molar-refractivity contribution in [3.63, 3.8) is 0 Å². The van der Waals surface area contributed by atoms with Crippen LogP contribution in [0.2, 0.25) is 0 Å². The first-order chi connectivity index (χ1) is 11.2. The summed E-state index contributed by atoms with van der Waals surface area (Å²) in [4.78, 5) is 15.2. The Morgan fingerprint density at radius 3 is 3.00 bits per heavy atom. The van der Waals surface area contributed by atoms with Gasteiger partial charge in [-0.3, -0.25) is 19.8 Å². The summed E-state index contributed by atoms with van der Waals surface area (Å²) in [6, 6.07) is 6.82. The highest BCUT2D eigenvalue weighted by molar-refractivity contribution is 5.94. The lowest BCUT2D eigenvalue weighted by molar-refractivity contribution is -0.382. The highest BCUT2D eigenvalue weighted by atomic mass is 16.6. The quantitative estimate of drug-likeness (QED) is 0.555. The fraction of sp³-hybridized carbons (Fsp3) is 0.267. The molecule has 0 bridgehead atoms. The van der Waals surface area contributed by atoms with Crippen LogP contribution in [-0.2, 0) is 13.1 Å². The molecule has 0 atom stereocenters. The van der Waals surface area contributed by atoms with Crippen molar-refractivity contribution >= 4 is 22.3 Å². The molecule has 0 amide bonds. The summed E-state index contributed by atoms with van der Waals surface area (Å²) < 4.78 is 1.76. The molecule has 3 aromatic rings. The predicted molar refractivity (Wildman–Crippen MR) is 86.0 cm³/mol. The maximum Gasteiger partial charge on any atom is 0.301 e. The van der Waals surface area contributed by atoms with Gasteiger partial charge in [0.05, 0.1) is 28.6 Å². The average Bonchev–Trinajstić information content (AvgIpc) is 3.00. The molecule has 0 aliphatic carbocycles. The zero-order valence-corrected chi connectivity index (χ0v) is 12.6. The number of nitro groups is 1. The number of nitrogens with zero attached hydrogens (tertiary/aromatic N) is 5. The topological polar surface area (TPSA) is 98.8 Å². The Morgan fingerprint density at radius 1 is 1.35 bits per heavy atom. The molecule has 2 aromatic heterocycles. The summed E-state index contributed by atoms with van der Waals surface area (Å²) in [7, 11) is 0. The van der Waals surface area contributed by atoms with Crippen molar-refractivity contribution in [2.45, 2.75) is 26.4 Å². The number of fused-ring (bicyclic) bond motifs is 1. The monoisotopic (exact) mass is 312 g/mol. The van der Waals surface area contributed by atoms with Gasteiger partial charge in [-0.2, -0.15) is 0 Å². The molecule has 0 aliphatic heterocycles. The van der Waals surface area contributed by atoms with Gasteiger partial charge in [-0.1, -0.05) is 12.1 Å². The standard InChI is InChI=1S/C15H16N6O2/c1-2-8-20-10-11(18-19-20)9-17-14-6-5-13-12(4-3-7-16-13)15(14)21(22)23/h3-7,10,17H,2,8-9H2,1H3. The van der Waals surface area contributed by atoms with Crippen LogP contribution >= 0.6 is 0 Å². The zero-order valence-electron chi connectivity index (χ0n) is 12.6. The minimum atomic E-state index is -0.389. The number of aromatic nitrogens is 4. The molecule has 118 valence electrons. The Balaban J connectivity index is 1.87. The molecule has 0 aliphatic rings. The van der Waals surface area contributed by atoms with Crippen LogP contribution in [0.5, 0.6) is 0 Å². The number of pyridine rings is 1. The number of rotatable bonds is 6. The third kappa shape index (κ3) is 3.10. The van der Waals surface area contributed by atoms with Crippen LogP contribution in [0.15, 0.2) is 36.7 Å². The molecule has 0 saturated carbocycles. The Morgan fingerprint density at radius 2 is 2.22 bits per heavy atom. The molecule has 23 heavy (non-hydrogen) atoms. The third-order valence-electron chi connectivity index (χ3n) is 3.44. The second-order valence-corrected chi connectivity index (χ2v) is 5.12. The molecule has 0 fully saturated rings. The van der Waals surface area contributed by atoms with E-state index in [1.54, 1.807) is 35.1 Å². The molecule has 0 spiro atoms. The number of hydrogen-bond donors (Lipinski definition) is 1. The van der Waals surface area contributed by atoms with Crippen molar-refractivity contribution in [3.8, 4) is 0 Å². The van der Waals surface area contributed by atoms with Crippen LogP contribution in [0.4, 0.5) is 11.4 Å². The number of nitro benzene ring substituents is 1. The van der Waals surface area contributed by atoms with Crippen molar-refractivity contribution in [3.05, 3.63) is 52.5 Å². The fourth-order valence-electron chi connectivity index (χ4n) is 2.42. The van der Waals surface area contributed by atoms with E-state index in [-0.39, 0.29) is 10.6 Å². The van der Waals surface area contributed by atoms with Gasteiger partial charge in [0.25, 0.3) is 0 Å². The van der Waals surface area contributed by atoms with Crippen molar-refractivity contribution in [1.29, 1.82) is 0 Å². The van der Waals surface area contributed by atoms with Crippen LogP contribution < -0.4 is 5.32 Å². The van der Waals surface area contributed by atoms with E-state index in [2.05, 4.69) is 27.5 Å². The molecule has 0 radical (unpaired) electrons. The van der Waals surface area contributed by atoms with Crippen molar-refractivity contribution in [2.24, 2.45) is 0 Å². The van der Waals surface area contributed by atoms with E-state index in [1.165, 1.54) is 0 Å². The molecule has 0 saturated heterocycles. The van der Waals surface area contributed by atoms with Gasteiger partial charge < -0.3 is 5.32 Å². The number of nitrogens with one attached hydrogen (secondary N) is 1. The fourth-order valence-corrected chi connectivity index (χ4v) is 2.42. The molecule has 1 aromatic carbocycles. The van der Waals surface area contributed by atoms with Crippen LogP contribution in [0, 0.1) is 10.1 Å². The molecule has 0 unspecified atom stereocenters. The molecule has 8 nitrogen and oxygen atoms in total. The Hall–Kier alpha value is -3.03. The van der Waals surface area contributed by atoms with Gasteiger partial charge >= 0.3 is 5.69 Å². The van der Waals surface area contributed by atoms with E-state index in [1.807, 2.05) is 6.20 Å². The molecule has 8 heteroatoms. The van der Waals surface area contributed by atoms with E-state index in [0.29, 0.717) is 23.1 Å². The largest absolute Gasteiger partial charge is 0.374 e. The van der Waals surface area contributed by atoms with Gasteiger partial charge in [0.2, 0.25) is 0 Å². The van der Waals surface area contributed by atoms with Crippen LogP contribution in [0.25, 0.3) is 10.9 Å². The molecular weight excluding hydrogens is 296 g/mol. The van der Waals surface area contributed by atoms with Crippen LogP contribution in [-0.4, -0.2) is 24.9 Å². The highest BCUT2D eigenvalue weighted by Crippen LogP contribution is 2.32. The molecule has 1 N–H and O–H groups in total. The van der Waals surface area contributed by atoms with E-state index in [9.17, 15) is 10.1 Å². The minimum absolute atomic E-state index is 0.0246. The predicted octanol–water partition coefficient (Wildman–Crippen LogP) is 2.76. The first kappa shape index (κ1) is 14.9. The molecule has 2 heterocycles. The Bertz CT molecular complexity index is 845. The Kier molecular flexibility index (Phi) is 4.13. The summed E-state index contributed by atoms with van der Waals surface area (Å²) >= 11 is 0. The van der Waals surface area contributed by atoms with Gasteiger partial charge in [-0.05, 0) is 30.7 Å². The lowest BCUT2D eigenvalue weighted by atomic mass is 10.1. The highest BCUT2D eigenvalue weighted by Gasteiger charge is 2.18. The van der Waals surface area contributed by atoms with Crippen molar-refractivity contribution in [2.75, 3.05) is 5.32 Å². The normalized spacial score (nSPS) is 10.8. The second kappa shape index (κ2) is 6.39. The maximum atomic E-state index is 11.4. The van der Waals surface area contributed by atoms with Crippen molar-refractivity contribution < 1.29 is 4.92 Å². The van der Waals surface area contributed by atoms with Gasteiger partial charge in [-0.25, -0.2) is 0 Å². The summed E-state index contributed by atoms with van der Waals surface area (Å²) in [5.74, 6) is 0. The Labute approximate surface area is 132 Å². The smallest absolute Gasteiger partial charge is 0.301 e. The number of anilines is 1. The van der Waals surface area contributed by atoms with Crippen LogP contribution in [0.1, 0.15) is 19.0 Å². The maximum absolute atomic E-state index is 11.4. The first-order valence-electron chi connectivity index (χ1n) is 7.34. The number of hydrogen-bond acceptors (Lipinski definition) is 6. The average molecular weight is 312 g/mol. The summed E-state index contributed by atoms with van der Waals surface area (Å²) in [6.07, 6.45) is 4.43. The number of benzene rings is 1. The lowest BCUT2D eigenvalue weighted by Gasteiger charge is -2.07. The van der Waals surface area contributed by atoms with Gasteiger partial charge in [0, 0.05) is 12.7 Å². The second-order valence-electron chi connectivity index (χ2n) is 5.12. The summed E-state index contributed by atoms with van der Waals surface area (Å²) in [5, 5.41) is 23.1. The van der Waals surface area contributed by atoms with Gasteiger partial charge in [0.15, 0.2) is 0 Å². The van der Waals surface area contributed by atoms with Crippen LogP contribution in [0.3, 0.4) is 0 Å². The van der Waals surface area contributed by atoms with Gasteiger partial charge in [-0.15, -0.1) is 5.10 Å². The summed E-state index contributed by atoms with van der Waals surface area (Å²) in [6.45, 7) is 3.23. The number of aryl methyl sites for hydroxylation is 1. The van der Waals surface area contributed by atoms with Crippen molar-refractivity contribution in [1.82, 2.24) is 20.0 Å². The van der Waals surface area contributed by atoms with E-state index < -0.39 is 0 Å². The third-order valence-corrected chi connectivity index (χ3v) is 3.44. The minimum Gasteiger partial charge on any atom is -0.374 e. The SMILES string of the molecule is CCCn1cc(CNc2ccc3ncccc3c2[N+](=O)[O-])nn1. The zero-order chi connectivity index (χ0) is 16.2. The van der Waals surface area contributed by atoms with Gasteiger partial charge in [0.1, 0.15) is 11.4 Å². The first-order valence-corrected chi connectivity index (χ1v) is 7.34. The lowest BCUT2D eigenvalue weighted by Crippen LogP contribution is -2.03. The van der Waals surface area contributed by atoms with E-state index in [0.717, 1.165) is 18.7 Å². The summed E-state index contributed by atoms with van der Waals surface area (Å²) in [5.41, 5.74) is 1.80. The van der Waals surface area contributed by atoms with E-state index in [4.69, 9.17) is 0 Å².